The average Bonchev–Trinajstić information content (AvgIpc) is 2.32. The highest BCUT2D eigenvalue weighted by Crippen LogP contribution is 2.31. The smallest absolute Gasteiger partial charge is 0.238 e. The van der Waals surface area contributed by atoms with Crippen molar-refractivity contribution in [2.75, 3.05) is 26.4 Å². The average molecular weight is 249 g/mol. The third kappa shape index (κ3) is 3.36. The number of rotatable bonds is 4. The van der Waals surface area contributed by atoms with Crippen molar-refractivity contribution in [3.05, 3.63) is 0 Å². The van der Waals surface area contributed by atoms with Crippen LogP contribution in [0.2, 0.25) is 0 Å². The lowest BCUT2D eigenvalue weighted by atomic mass is 9.84. The molecule has 2 aliphatic rings. The molecule has 2 atom stereocenters. The monoisotopic (exact) mass is 249 g/mol. The van der Waals surface area contributed by atoms with Gasteiger partial charge in [0, 0.05) is 25.6 Å². The van der Waals surface area contributed by atoms with Gasteiger partial charge in [0.05, 0.1) is 13.2 Å². The first kappa shape index (κ1) is 13.2. The maximum Gasteiger partial charge on any atom is 0.238 e. The van der Waals surface area contributed by atoms with Crippen LogP contribution in [0.1, 0.15) is 32.1 Å². The third-order valence-electron chi connectivity index (χ3n) is 3.67. The molecule has 0 saturated carbocycles. The van der Waals surface area contributed by atoms with Gasteiger partial charge in [-0.1, -0.05) is 0 Å². The molecule has 2 saturated heterocycles. The summed E-state index contributed by atoms with van der Waals surface area (Å²) in [5.74, 6) is 0. The first-order valence-corrected chi connectivity index (χ1v) is 6.46. The van der Waals surface area contributed by atoms with Gasteiger partial charge in [-0.2, -0.15) is 0 Å². The SMILES string of the molecule is FC(F)CCCC1NCCOC12CCCOC2. The molecule has 1 N–H and O–H groups in total. The fraction of sp³-hybridized carbons (Fsp3) is 1.00. The molecule has 3 nitrogen and oxygen atoms in total. The van der Waals surface area contributed by atoms with E-state index in [1.54, 1.807) is 0 Å². The van der Waals surface area contributed by atoms with Crippen LogP contribution in [0.5, 0.6) is 0 Å². The van der Waals surface area contributed by atoms with Gasteiger partial charge in [-0.3, -0.25) is 0 Å². The molecule has 1 spiro atoms. The van der Waals surface area contributed by atoms with Crippen molar-refractivity contribution in [1.29, 1.82) is 0 Å². The van der Waals surface area contributed by atoms with Gasteiger partial charge in [0.25, 0.3) is 0 Å². The maximum atomic E-state index is 12.1. The van der Waals surface area contributed by atoms with Gasteiger partial charge >= 0.3 is 0 Å². The number of hydrogen-bond acceptors (Lipinski definition) is 3. The standard InChI is InChI=1S/C12H21F2NO2/c13-11(14)4-1-3-10-12(17-8-6-15-10)5-2-7-16-9-12/h10-11,15H,1-9H2. The number of nitrogens with one attached hydrogen (secondary N) is 1. The van der Waals surface area contributed by atoms with Crippen LogP contribution in [0.3, 0.4) is 0 Å². The lowest BCUT2D eigenvalue weighted by molar-refractivity contribution is -0.165. The summed E-state index contributed by atoms with van der Waals surface area (Å²) in [6.45, 7) is 2.88. The van der Waals surface area contributed by atoms with E-state index in [0.29, 0.717) is 19.6 Å². The fourth-order valence-electron chi connectivity index (χ4n) is 2.79. The van der Waals surface area contributed by atoms with E-state index >= 15 is 0 Å². The van der Waals surface area contributed by atoms with Crippen LogP contribution in [-0.2, 0) is 9.47 Å². The van der Waals surface area contributed by atoms with Gasteiger partial charge in [-0.05, 0) is 25.7 Å². The molecule has 5 heteroatoms. The van der Waals surface area contributed by atoms with Crippen molar-refractivity contribution in [1.82, 2.24) is 5.32 Å². The number of alkyl halides is 2. The van der Waals surface area contributed by atoms with Gasteiger partial charge in [-0.15, -0.1) is 0 Å². The van der Waals surface area contributed by atoms with E-state index in [4.69, 9.17) is 9.47 Å². The molecule has 0 aromatic rings. The summed E-state index contributed by atoms with van der Waals surface area (Å²) in [5.41, 5.74) is -0.265. The van der Waals surface area contributed by atoms with Crippen molar-refractivity contribution in [3.8, 4) is 0 Å². The summed E-state index contributed by atoms with van der Waals surface area (Å²) in [5, 5.41) is 3.40. The lowest BCUT2D eigenvalue weighted by Crippen LogP contribution is -2.61. The third-order valence-corrected chi connectivity index (χ3v) is 3.67. The van der Waals surface area contributed by atoms with E-state index < -0.39 is 6.43 Å². The number of halogens is 2. The second kappa shape index (κ2) is 6.07. The Hall–Kier alpha value is -0.260. The summed E-state index contributed by atoms with van der Waals surface area (Å²) in [7, 11) is 0. The Bertz CT molecular complexity index is 224. The molecular weight excluding hydrogens is 228 g/mol. The number of hydrogen-bond donors (Lipinski definition) is 1. The minimum absolute atomic E-state index is 0.0187. The Balaban J connectivity index is 1.87. The molecule has 2 rings (SSSR count). The van der Waals surface area contributed by atoms with Crippen LogP contribution in [0.4, 0.5) is 8.78 Å². The maximum absolute atomic E-state index is 12.1. The van der Waals surface area contributed by atoms with E-state index in [-0.39, 0.29) is 18.1 Å². The fourth-order valence-corrected chi connectivity index (χ4v) is 2.79. The highest BCUT2D eigenvalue weighted by atomic mass is 19.3. The van der Waals surface area contributed by atoms with Crippen LogP contribution in [0, 0.1) is 0 Å². The van der Waals surface area contributed by atoms with Crippen LogP contribution in [0.25, 0.3) is 0 Å². The minimum Gasteiger partial charge on any atom is -0.378 e. The first-order valence-electron chi connectivity index (χ1n) is 6.46. The zero-order chi connectivity index (χ0) is 12.1. The van der Waals surface area contributed by atoms with Crippen molar-refractivity contribution < 1.29 is 18.3 Å². The predicted molar refractivity (Wildman–Crippen MR) is 60.4 cm³/mol. The van der Waals surface area contributed by atoms with Gasteiger partial charge in [0.1, 0.15) is 5.60 Å². The Kier molecular flexibility index (Phi) is 4.70. The summed E-state index contributed by atoms with van der Waals surface area (Å²) < 4.78 is 35.7. The van der Waals surface area contributed by atoms with Crippen molar-refractivity contribution >= 4 is 0 Å². The second-order valence-electron chi connectivity index (χ2n) is 4.90. The van der Waals surface area contributed by atoms with E-state index in [0.717, 1.165) is 32.4 Å². The molecule has 2 fully saturated rings. The number of morpholine rings is 1. The van der Waals surface area contributed by atoms with Crippen LogP contribution < -0.4 is 5.32 Å². The first-order chi connectivity index (χ1) is 8.23. The molecule has 100 valence electrons. The second-order valence-corrected chi connectivity index (χ2v) is 4.90. The van der Waals surface area contributed by atoms with Crippen molar-refractivity contribution in [2.24, 2.45) is 0 Å². The summed E-state index contributed by atoms with van der Waals surface area (Å²) in [4.78, 5) is 0. The molecule has 0 aromatic heterocycles. The zero-order valence-corrected chi connectivity index (χ0v) is 10.1. The van der Waals surface area contributed by atoms with E-state index in [2.05, 4.69) is 5.32 Å². The van der Waals surface area contributed by atoms with Crippen LogP contribution in [0.15, 0.2) is 0 Å². The molecule has 2 heterocycles. The zero-order valence-electron chi connectivity index (χ0n) is 10.1. The Morgan fingerprint density at radius 2 is 2.24 bits per heavy atom. The van der Waals surface area contributed by atoms with Gasteiger partial charge < -0.3 is 14.8 Å². The lowest BCUT2D eigenvalue weighted by Gasteiger charge is -2.46. The quantitative estimate of drug-likeness (QED) is 0.826. The topological polar surface area (TPSA) is 30.5 Å². The largest absolute Gasteiger partial charge is 0.378 e. The molecule has 0 radical (unpaired) electrons. The molecular formula is C12H21F2NO2. The van der Waals surface area contributed by atoms with Crippen LogP contribution in [-0.4, -0.2) is 44.4 Å². The van der Waals surface area contributed by atoms with Crippen molar-refractivity contribution in [2.45, 2.75) is 50.2 Å². The predicted octanol–water partition coefficient (Wildman–Crippen LogP) is 1.96. The Labute approximate surface area is 101 Å². The van der Waals surface area contributed by atoms with Gasteiger partial charge in [-0.25, -0.2) is 8.78 Å². The Morgan fingerprint density at radius 1 is 1.35 bits per heavy atom. The number of ether oxygens (including phenoxy) is 2. The highest BCUT2D eigenvalue weighted by Gasteiger charge is 2.43. The molecule has 0 aromatic carbocycles. The van der Waals surface area contributed by atoms with E-state index in [1.807, 2.05) is 0 Å². The highest BCUT2D eigenvalue weighted by molar-refractivity contribution is 4.97. The molecule has 0 bridgehead atoms. The van der Waals surface area contributed by atoms with Crippen LogP contribution >= 0.6 is 0 Å². The molecule has 17 heavy (non-hydrogen) atoms. The molecule has 2 unspecified atom stereocenters. The van der Waals surface area contributed by atoms with E-state index in [9.17, 15) is 8.78 Å². The van der Waals surface area contributed by atoms with Gasteiger partial charge in [0.15, 0.2) is 0 Å². The summed E-state index contributed by atoms with van der Waals surface area (Å²) in [6, 6.07) is 0.162. The van der Waals surface area contributed by atoms with E-state index in [1.165, 1.54) is 0 Å². The van der Waals surface area contributed by atoms with Gasteiger partial charge in [0.2, 0.25) is 6.43 Å². The summed E-state index contributed by atoms with van der Waals surface area (Å²) >= 11 is 0. The minimum atomic E-state index is -2.20. The Morgan fingerprint density at radius 3 is 2.94 bits per heavy atom. The molecule has 0 amide bonds. The van der Waals surface area contributed by atoms with Crippen molar-refractivity contribution in [3.63, 3.8) is 0 Å². The normalized spacial score (nSPS) is 34.4. The molecule has 0 aliphatic carbocycles. The molecule has 2 aliphatic heterocycles. The summed E-state index contributed by atoms with van der Waals surface area (Å²) in [6.07, 6.45) is 1.04.